The molecule has 0 fully saturated rings. The van der Waals surface area contributed by atoms with Crippen molar-refractivity contribution in [1.29, 1.82) is 0 Å². The van der Waals surface area contributed by atoms with Crippen LogP contribution in [-0.2, 0) is 10.0 Å². The van der Waals surface area contributed by atoms with E-state index in [1.165, 1.54) is 18.2 Å². The summed E-state index contributed by atoms with van der Waals surface area (Å²) in [4.78, 5) is 12.4. The minimum absolute atomic E-state index is 0.0658. The number of benzene rings is 2. The van der Waals surface area contributed by atoms with Gasteiger partial charge in [0.25, 0.3) is 15.9 Å². The number of carbonyl (C=O) groups is 1. The van der Waals surface area contributed by atoms with Gasteiger partial charge in [-0.3, -0.25) is 9.52 Å². The van der Waals surface area contributed by atoms with Crippen LogP contribution in [0, 0.1) is 12.8 Å². The van der Waals surface area contributed by atoms with Gasteiger partial charge >= 0.3 is 0 Å². The Morgan fingerprint density at radius 1 is 1.14 bits per heavy atom. The number of unbranched alkanes of at least 4 members (excludes halogenated alkanes) is 1. The number of amides is 1. The Kier molecular flexibility index (Phi) is 8.53. The Hall–Kier alpha value is -2.05. The van der Waals surface area contributed by atoms with E-state index in [1.807, 2.05) is 13.0 Å². The Bertz CT molecular complexity index is 945. The first-order chi connectivity index (χ1) is 13.8. The fourth-order valence-electron chi connectivity index (χ4n) is 3.05. The van der Waals surface area contributed by atoms with Crippen molar-refractivity contribution < 1.29 is 13.2 Å². The number of anilines is 1. The van der Waals surface area contributed by atoms with Crippen LogP contribution in [0.15, 0.2) is 47.4 Å². The van der Waals surface area contributed by atoms with Crippen molar-refractivity contribution >= 4 is 33.2 Å². The molecule has 158 valence electrons. The lowest BCUT2D eigenvalue weighted by Crippen LogP contribution is -2.29. The number of hydrogen-bond acceptors (Lipinski definition) is 3. The van der Waals surface area contributed by atoms with E-state index >= 15 is 0 Å². The average Bonchev–Trinajstić information content (AvgIpc) is 2.67. The van der Waals surface area contributed by atoms with Crippen LogP contribution in [0.2, 0.25) is 5.02 Å². The lowest BCUT2D eigenvalue weighted by atomic mass is 9.99. The summed E-state index contributed by atoms with van der Waals surface area (Å²) in [7, 11) is -3.93. The van der Waals surface area contributed by atoms with Gasteiger partial charge in [0.05, 0.1) is 5.02 Å². The third-order valence-electron chi connectivity index (χ3n) is 4.85. The van der Waals surface area contributed by atoms with Crippen molar-refractivity contribution in [3.8, 4) is 0 Å². The molecule has 5 nitrogen and oxygen atoms in total. The predicted octanol–water partition coefficient (Wildman–Crippen LogP) is 5.40. The monoisotopic (exact) mass is 436 g/mol. The van der Waals surface area contributed by atoms with Gasteiger partial charge < -0.3 is 5.32 Å². The fraction of sp³-hybridized carbons (Fsp3) is 0.409. The molecule has 0 radical (unpaired) electrons. The molecule has 2 N–H and O–H groups in total. The smallest absolute Gasteiger partial charge is 0.263 e. The number of aryl methyl sites for hydroxylation is 1. The molecule has 0 heterocycles. The van der Waals surface area contributed by atoms with E-state index < -0.39 is 10.0 Å². The second-order valence-electron chi connectivity index (χ2n) is 7.25. The molecular weight excluding hydrogens is 408 g/mol. The molecule has 2 rings (SSSR count). The predicted molar refractivity (Wildman–Crippen MR) is 119 cm³/mol. The zero-order chi connectivity index (χ0) is 21.4. The molecule has 7 heteroatoms. The Morgan fingerprint density at radius 3 is 2.55 bits per heavy atom. The molecule has 0 saturated carbocycles. The molecule has 1 atom stereocenters. The molecule has 0 saturated heterocycles. The summed E-state index contributed by atoms with van der Waals surface area (Å²) in [5.74, 6) is 0.112. The summed E-state index contributed by atoms with van der Waals surface area (Å²) in [6, 6.07) is 11.3. The van der Waals surface area contributed by atoms with Crippen LogP contribution in [0.5, 0.6) is 0 Å². The molecular formula is C22H29ClN2O3S. The van der Waals surface area contributed by atoms with Crippen LogP contribution in [0.4, 0.5) is 5.69 Å². The van der Waals surface area contributed by atoms with Gasteiger partial charge in [-0.05, 0) is 55.2 Å². The maximum atomic E-state index is 12.8. The molecule has 0 aliphatic rings. The number of rotatable bonds is 10. The van der Waals surface area contributed by atoms with Gasteiger partial charge in [0.2, 0.25) is 0 Å². The zero-order valence-corrected chi connectivity index (χ0v) is 18.7. The SMILES string of the molecule is CCCCC(CC)CNC(=O)c1ccc(Cl)c(S(=O)(=O)Nc2cccc(C)c2)c1. The van der Waals surface area contributed by atoms with E-state index in [9.17, 15) is 13.2 Å². The first-order valence-corrected chi connectivity index (χ1v) is 11.8. The van der Waals surface area contributed by atoms with Gasteiger partial charge in [-0.1, -0.05) is 56.8 Å². The molecule has 1 unspecified atom stereocenters. The Labute approximate surface area is 178 Å². The van der Waals surface area contributed by atoms with Crippen molar-refractivity contribution in [2.45, 2.75) is 51.3 Å². The van der Waals surface area contributed by atoms with E-state index in [4.69, 9.17) is 11.6 Å². The maximum Gasteiger partial charge on any atom is 0.263 e. The van der Waals surface area contributed by atoms with E-state index in [-0.39, 0.29) is 21.4 Å². The molecule has 0 aromatic heterocycles. The van der Waals surface area contributed by atoms with Gasteiger partial charge in [0.1, 0.15) is 4.90 Å². The number of nitrogens with one attached hydrogen (secondary N) is 2. The van der Waals surface area contributed by atoms with Crippen molar-refractivity contribution in [2.75, 3.05) is 11.3 Å². The van der Waals surface area contributed by atoms with Crippen LogP contribution >= 0.6 is 11.6 Å². The van der Waals surface area contributed by atoms with E-state index in [0.717, 1.165) is 31.2 Å². The third kappa shape index (κ3) is 6.75. The summed E-state index contributed by atoms with van der Waals surface area (Å²) >= 11 is 6.14. The van der Waals surface area contributed by atoms with Gasteiger partial charge in [0.15, 0.2) is 0 Å². The van der Waals surface area contributed by atoms with Crippen LogP contribution < -0.4 is 10.0 Å². The van der Waals surface area contributed by atoms with Crippen LogP contribution in [0.3, 0.4) is 0 Å². The normalized spacial score (nSPS) is 12.4. The number of sulfonamides is 1. The minimum atomic E-state index is -3.93. The Morgan fingerprint density at radius 2 is 1.90 bits per heavy atom. The lowest BCUT2D eigenvalue weighted by molar-refractivity contribution is 0.0945. The molecule has 1 amide bonds. The minimum Gasteiger partial charge on any atom is -0.352 e. The highest BCUT2D eigenvalue weighted by atomic mass is 35.5. The molecule has 0 aliphatic heterocycles. The summed E-state index contributed by atoms with van der Waals surface area (Å²) in [6.07, 6.45) is 4.30. The molecule has 0 spiro atoms. The maximum absolute atomic E-state index is 12.8. The standard InChI is InChI=1S/C22H29ClN2O3S/c1-4-6-9-17(5-2)15-24-22(26)18-11-12-20(23)21(14-18)29(27,28)25-19-10-7-8-16(3)13-19/h7-8,10-14,17,25H,4-6,9,15H2,1-3H3,(H,24,26). The highest BCUT2D eigenvalue weighted by Gasteiger charge is 2.21. The zero-order valence-electron chi connectivity index (χ0n) is 17.2. The van der Waals surface area contributed by atoms with Gasteiger partial charge in [0, 0.05) is 17.8 Å². The first kappa shape index (κ1) is 23.2. The van der Waals surface area contributed by atoms with E-state index in [2.05, 4.69) is 23.9 Å². The summed E-state index contributed by atoms with van der Waals surface area (Å²) in [6.45, 7) is 6.70. The Balaban J connectivity index is 2.16. The topological polar surface area (TPSA) is 75.3 Å². The summed E-state index contributed by atoms with van der Waals surface area (Å²) in [5, 5.41) is 2.98. The summed E-state index contributed by atoms with van der Waals surface area (Å²) < 4.78 is 28.1. The molecule has 2 aromatic carbocycles. The van der Waals surface area contributed by atoms with Gasteiger partial charge in [-0.25, -0.2) is 8.42 Å². The second-order valence-corrected chi connectivity index (χ2v) is 9.30. The van der Waals surface area contributed by atoms with Crippen LogP contribution in [-0.4, -0.2) is 20.9 Å². The van der Waals surface area contributed by atoms with Crippen molar-refractivity contribution in [1.82, 2.24) is 5.32 Å². The first-order valence-electron chi connectivity index (χ1n) is 9.94. The lowest BCUT2D eigenvalue weighted by Gasteiger charge is -2.16. The second kappa shape index (κ2) is 10.6. The van der Waals surface area contributed by atoms with Crippen molar-refractivity contribution in [3.05, 3.63) is 58.6 Å². The van der Waals surface area contributed by atoms with Crippen LogP contribution in [0.1, 0.15) is 55.5 Å². The van der Waals surface area contributed by atoms with E-state index in [1.54, 1.807) is 18.2 Å². The average molecular weight is 437 g/mol. The van der Waals surface area contributed by atoms with Crippen LogP contribution in [0.25, 0.3) is 0 Å². The van der Waals surface area contributed by atoms with Crippen molar-refractivity contribution in [2.24, 2.45) is 5.92 Å². The molecule has 0 aliphatic carbocycles. The number of halogens is 1. The van der Waals surface area contributed by atoms with Gasteiger partial charge in [-0.2, -0.15) is 0 Å². The number of carbonyl (C=O) groups excluding carboxylic acids is 1. The van der Waals surface area contributed by atoms with Crippen molar-refractivity contribution in [3.63, 3.8) is 0 Å². The van der Waals surface area contributed by atoms with E-state index in [0.29, 0.717) is 18.2 Å². The highest BCUT2D eigenvalue weighted by Crippen LogP contribution is 2.25. The molecule has 0 bridgehead atoms. The van der Waals surface area contributed by atoms with Gasteiger partial charge in [-0.15, -0.1) is 0 Å². The number of hydrogen-bond donors (Lipinski definition) is 2. The summed E-state index contributed by atoms with van der Waals surface area (Å²) in [5.41, 5.74) is 1.64. The molecule has 29 heavy (non-hydrogen) atoms. The highest BCUT2D eigenvalue weighted by molar-refractivity contribution is 7.92. The molecule has 2 aromatic rings. The quantitative estimate of drug-likeness (QED) is 0.523. The third-order valence-corrected chi connectivity index (χ3v) is 6.71. The largest absolute Gasteiger partial charge is 0.352 e. The fourth-order valence-corrected chi connectivity index (χ4v) is 4.63.